The van der Waals surface area contributed by atoms with E-state index >= 15 is 0 Å². The van der Waals surface area contributed by atoms with Crippen LogP contribution in [0.15, 0.2) is 53.8 Å². The van der Waals surface area contributed by atoms with E-state index < -0.39 is 5.85 Å². The highest BCUT2D eigenvalue weighted by molar-refractivity contribution is 5.56. The van der Waals surface area contributed by atoms with E-state index in [0.29, 0.717) is 0 Å². The molecule has 1 aromatic carbocycles. The van der Waals surface area contributed by atoms with Gasteiger partial charge in [-0.2, -0.15) is 0 Å². The second-order valence-electron chi connectivity index (χ2n) is 4.58. The molecule has 3 nitrogen and oxygen atoms in total. The van der Waals surface area contributed by atoms with Crippen LogP contribution in [-0.2, 0) is 9.47 Å². The largest absolute Gasteiger partial charge is 0.466 e. The maximum Gasteiger partial charge on any atom is 0.274 e. The third-order valence-corrected chi connectivity index (χ3v) is 3.18. The monoisotopic (exact) mass is 259 g/mol. The van der Waals surface area contributed by atoms with Crippen molar-refractivity contribution in [2.75, 3.05) is 12.5 Å². The molecule has 0 radical (unpaired) electrons. The number of fused-ring (bicyclic) bond motifs is 1. The van der Waals surface area contributed by atoms with Crippen LogP contribution in [0.25, 0.3) is 6.08 Å². The first-order valence-corrected chi connectivity index (χ1v) is 6.06. The van der Waals surface area contributed by atoms with Gasteiger partial charge in [0.25, 0.3) is 5.85 Å². The number of ether oxygens (including phenoxy) is 2. The lowest BCUT2D eigenvalue weighted by Crippen LogP contribution is -2.25. The Labute approximate surface area is 110 Å². The molecule has 0 aromatic heterocycles. The molecule has 2 N–H and O–H groups in total. The van der Waals surface area contributed by atoms with E-state index in [1.807, 2.05) is 42.5 Å². The molecule has 19 heavy (non-hydrogen) atoms. The van der Waals surface area contributed by atoms with Gasteiger partial charge in [-0.15, -0.1) is 0 Å². The Kier molecular flexibility index (Phi) is 2.87. The third-order valence-electron chi connectivity index (χ3n) is 3.18. The van der Waals surface area contributed by atoms with E-state index in [-0.39, 0.29) is 19.0 Å². The number of hydrogen-bond donors (Lipinski definition) is 1. The standard InChI is InChI=1S/C15H14FNO2/c16-15-9-12(5-8-14(15)18-10-19-15)2-1-11-3-6-13(17)7-4-11/h1-8H,9-10,17H2/b2-1+. The Morgan fingerprint density at radius 2 is 1.95 bits per heavy atom. The van der Waals surface area contributed by atoms with Gasteiger partial charge in [0.2, 0.25) is 0 Å². The van der Waals surface area contributed by atoms with Gasteiger partial charge in [-0.05, 0) is 29.3 Å². The van der Waals surface area contributed by atoms with Crippen LogP contribution in [0.3, 0.4) is 0 Å². The van der Waals surface area contributed by atoms with Crippen LogP contribution in [0.5, 0.6) is 0 Å². The fraction of sp³-hybridized carbons (Fsp3) is 0.200. The quantitative estimate of drug-likeness (QED) is 0.830. The van der Waals surface area contributed by atoms with Gasteiger partial charge in [-0.25, -0.2) is 4.39 Å². The molecule has 2 aliphatic rings. The fourth-order valence-corrected chi connectivity index (χ4v) is 2.11. The maximum absolute atomic E-state index is 14.3. The number of benzene rings is 1. The van der Waals surface area contributed by atoms with E-state index in [1.165, 1.54) is 0 Å². The number of nitrogens with two attached hydrogens (primary N) is 1. The zero-order chi connectivity index (χ0) is 13.3. The second-order valence-corrected chi connectivity index (χ2v) is 4.58. The lowest BCUT2D eigenvalue weighted by molar-refractivity contribution is -0.0907. The van der Waals surface area contributed by atoms with Crippen molar-refractivity contribution in [2.24, 2.45) is 0 Å². The highest BCUT2D eigenvalue weighted by Gasteiger charge is 2.44. The van der Waals surface area contributed by atoms with Crippen LogP contribution in [0, 0.1) is 0 Å². The van der Waals surface area contributed by atoms with E-state index in [9.17, 15) is 4.39 Å². The van der Waals surface area contributed by atoms with Crippen LogP contribution in [0.1, 0.15) is 12.0 Å². The number of allylic oxidation sites excluding steroid dienone is 3. The van der Waals surface area contributed by atoms with Gasteiger partial charge in [-0.3, -0.25) is 0 Å². The number of rotatable bonds is 2. The summed E-state index contributed by atoms with van der Waals surface area (Å²) in [6.07, 6.45) is 7.43. The fourth-order valence-electron chi connectivity index (χ4n) is 2.11. The molecule has 4 heteroatoms. The minimum atomic E-state index is -1.80. The molecule has 0 bridgehead atoms. The first-order valence-electron chi connectivity index (χ1n) is 6.06. The Morgan fingerprint density at radius 1 is 1.16 bits per heavy atom. The van der Waals surface area contributed by atoms with Crippen molar-refractivity contribution in [1.82, 2.24) is 0 Å². The summed E-state index contributed by atoms with van der Waals surface area (Å²) in [5.74, 6) is -1.53. The van der Waals surface area contributed by atoms with Gasteiger partial charge >= 0.3 is 0 Å². The van der Waals surface area contributed by atoms with Crippen molar-refractivity contribution in [3.63, 3.8) is 0 Å². The topological polar surface area (TPSA) is 44.5 Å². The summed E-state index contributed by atoms with van der Waals surface area (Å²) in [4.78, 5) is 0. The zero-order valence-corrected chi connectivity index (χ0v) is 10.3. The van der Waals surface area contributed by atoms with Gasteiger partial charge in [0.15, 0.2) is 12.6 Å². The minimum Gasteiger partial charge on any atom is -0.466 e. The van der Waals surface area contributed by atoms with Crippen molar-refractivity contribution in [1.29, 1.82) is 0 Å². The van der Waals surface area contributed by atoms with Crippen LogP contribution < -0.4 is 5.73 Å². The third kappa shape index (κ3) is 2.39. The van der Waals surface area contributed by atoms with Gasteiger partial charge < -0.3 is 15.2 Å². The van der Waals surface area contributed by atoms with Gasteiger partial charge in [0.05, 0.1) is 0 Å². The molecule has 1 atom stereocenters. The predicted molar refractivity (Wildman–Crippen MR) is 71.5 cm³/mol. The summed E-state index contributed by atoms with van der Waals surface area (Å²) in [6, 6.07) is 7.49. The van der Waals surface area contributed by atoms with Gasteiger partial charge in [-0.1, -0.05) is 30.4 Å². The van der Waals surface area contributed by atoms with Crippen LogP contribution in [0.2, 0.25) is 0 Å². The summed E-state index contributed by atoms with van der Waals surface area (Å²) < 4.78 is 24.3. The van der Waals surface area contributed by atoms with Crippen LogP contribution in [-0.4, -0.2) is 12.6 Å². The number of hydrogen-bond acceptors (Lipinski definition) is 3. The summed E-state index contributed by atoms with van der Waals surface area (Å²) in [5, 5.41) is 0. The lowest BCUT2D eigenvalue weighted by atomic mass is 9.98. The summed E-state index contributed by atoms with van der Waals surface area (Å²) in [5.41, 5.74) is 8.21. The second kappa shape index (κ2) is 4.55. The molecule has 0 spiro atoms. The van der Waals surface area contributed by atoms with E-state index in [1.54, 1.807) is 6.08 Å². The minimum absolute atomic E-state index is 0.0227. The average molecular weight is 259 g/mol. The average Bonchev–Trinajstić information content (AvgIpc) is 2.78. The number of alkyl halides is 1. The smallest absolute Gasteiger partial charge is 0.274 e. The molecule has 1 aromatic rings. The van der Waals surface area contributed by atoms with E-state index in [4.69, 9.17) is 15.2 Å². The molecular formula is C15H14FNO2. The molecule has 1 heterocycles. The van der Waals surface area contributed by atoms with Crippen molar-refractivity contribution < 1.29 is 13.9 Å². The number of anilines is 1. The normalized spacial score (nSPS) is 25.7. The molecule has 0 amide bonds. The van der Waals surface area contributed by atoms with Crippen molar-refractivity contribution in [2.45, 2.75) is 12.3 Å². The van der Waals surface area contributed by atoms with Crippen LogP contribution >= 0.6 is 0 Å². The highest BCUT2D eigenvalue weighted by atomic mass is 19.2. The van der Waals surface area contributed by atoms with Gasteiger partial charge in [0, 0.05) is 12.1 Å². The summed E-state index contributed by atoms with van der Waals surface area (Å²) in [6.45, 7) is -0.0227. The van der Waals surface area contributed by atoms with Crippen molar-refractivity contribution >= 4 is 11.8 Å². The van der Waals surface area contributed by atoms with Gasteiger partial charge in [0.1, 0.15) is 0 Å². The zero-order valence-electron chi connectivity index (χ0n) is 10.3. The molecular weight excluding hydrogens is 245 g/mol. The number of halogens is 1. The SMILES string of the molecule is Nc1ccc(/C=C/C2=CC=C3OCOC3(F)C2)cc1. The molecule has 1 fully saturated rings. The molecule has 0 saturated carbocycles. The Balaban J connectivity index is 1.76. The summed E-state index contributed by atoms with van der Waals surface area (Å²) >= 11 is 0. The number of nitrogen functional groups attached to an aromatic ring is 1. The molecule has 1 aliphatic carbocycles. The van der Waals surface area contributed by atoms with E-state index in [2.05, 4.69) is 0 Å². The maximum atomic E-state index is 14.3. The predicted octanol–water partition coefficient (Wildman–Crippen LogP) is 3.17. The Morgan fingerprint density at radius 3 is 2.74 bits per heavy atom. The first-order chi connectivity index (χ1) is 9.16. The lowest BCUT2D eigenvalue weighted by Gasteiger charge is -2.20. The molecule has 1 aliphatic heterocycles. The Bertz CT molecular complexity index is 574. The highest BCUT2D eigenvalue weighted by Crippen LogP contribution is 2.39. The molecule has 3 rings (SSSR count). The first kappa shape index (κ1) is 12.0. The molecule has 1 saturated heterocycles. The van der Waals surface area contributed by atoms with E-state index in [0.717, 1.165) is 16.8 Å². The Hall–Kier alpha value is -2.07. The molecule has 98 valence electrons. The summed E-state index contributed by atoms with van der Waals surface area (Å²) in [7, 11) is 0. The van der Waals surface area contributed by atoms with Crippen molar-refractivity contribution in [3.8, 4) is 0 Å². The van der Waals surface area contributed by atoms with Crippen molar-refractivity contribution in [3.05, 3.63) is 59.4 Å². The molecule has 1 unspecified atom stereocenters. The van der Waals surface area contributed by atoms with Crippen LogP contribution in [0.4, 0.5) is 10.1 Å².